The molecule has 4 N–H and O–H groups in total. The zero-order valence-corrected chi connectivity index (χ0v) is 19.3. The van der Waals surface area contributed by atoms with Crippen LogP contribution >= 0.6 is 0 Å². The summed E-state index contributed by atoms with van der Waals surface area (Å²) in [4.78, 5) is 10.5. The van der Waals surface area contributed by atoms with Crippen molar-refractivity contribution in [2.75, 3.05) is 0 Å². The summed E-state index contributed by atoms with van der Waals surface area (Å²) in [5, 5.41) is 0. The van der Waals surface area contributed by atoms with Gasteiger partial charge in [0, 0.05) is 11.1 Å². The molecule has 0 aromatic heterocycles. The minimum Gasteiger partial charge on any atom is -0.489 e. The predicted molar refractivity (Wildman–Crippen MR) is 133 cm³/mol. The molecule has 174 valence electrons. The van der Waals surface area contributed by atoms with Gasteiger partial charge in [-0.2, -0.15) is 11.8 Å². The van der Waals surface area contributed by atoms with E-state index in [4.69, 9.17) is 30.9 Å². The third-order valence-electron chi connectivity index (χ3n) is 5.52. The standard InChI is InChI=1S/C28H28N2O4/c1-19-13-23(31-17-21-9-5-3-6-10-21)15-25(27(19)33-29)26-16-24(14-20(2)28(26)34-30)32-18-22-11-7-4-8-12-22/h3-16H,17-18,29-30H2,1-2H3. The Bertz CT molecular complexity index is 1150. The quantitative estimate of drug-likeness (QED) is 0.317. The van der Waals surface area contributed by atoms with Crippen LogP contribution in [0.5, 0.6) is 23.0 Å². The summed E-state index contributed by atoms with van der Waals surface area (Å²) in [6, 6.07) is 27.5. The van der Waals surface area contributed by atoms with Gasteiger partial charge in [0.15, 0.2) is 11.5 Å². The molecule has 4 aromatic carbocycles. The molecule has 4 rings (SSSR count). The molecule has 0 saturated heterocycles. The van der Waals surface area contributed by atoms with E-state index < -0.39 is 0 Å². The van der Waals surface area contributed by atoms with Crippen molar-refractivity contribution in [3.05, 3.63) is 107 Å². The fourth-order valence-electron chi connectivity index (χ4n) is 3.84. The largest absolute Gasteiger partial charge is 0.489 e. The van der Waals surface area contributed by atoms with Crippen molar-refractivity contribution in [3.63, 3.8) is 0 Å². The lowest BCUT2D eigenvalue weighted by molar-refractivity contribution is 0.301. The van der Waals surface area contributed by atoms with Crippen LogP contribution in [0.4, 0.5) is 0 Å². The van der Waals surface area contributed by atoms with Crippen molar-refractivity contribution in [1.82, 2.24) is 0 Å². The molecule has 0 spiro atoms. The van der Waals surface area contributed by atoms with Gasteiger partial charge in [0.2, 0.25) is 0 Å². The number of aryl methyl sites for hydroxylation is 2. The number of nitrogens with two attached hydrogens (primary N) is 2. The van der Waals surface area contributed by atoms with Crippen LogP contribution in [-0.4, -0.2) is 0 Å². The smallest absolute Gasteiger partial charge is 0.157 e. The fraction of sp³-hybridized carbons (Fsp3) is 0.143. The van der Waals surface area contributed by atoms with Gasteiger partial charge in [-0.15, -0.1) is 0 Å². The Labute approximate surface area is 199 Å². The molecular weight excluding hydrogens is 428 g/mol. The first-order chi connectivity index (χ1) is 16.6. The van der Waals surface area contributed by atoms with Gasteiger partial charge < -0.3 is 19.1 Å². The Kier molecular flexibility index (Phi) is 7.32. The third kappa shape index (κ3) is 5.31. The van der Waals surface area contributed by atoms with Crippen molar-refractivity contribution in [1.29, 1.82) is 0 Å². The highest BCUT2D eigenvalue weighted by atomic mass is 16.6. The summed E-state index contributed by atoms with van der Waals surface area (Å²) in [6.07, 6.45) is 0. The zero-order chi connectivity index (χ0) is 23.9. The van der Waals surface area contributed by atoms with Gasteiger partial charge in [-0.1, -0.05) is 60.7 Å². The summed E-state index contributed by atoms with van der Waals surface area (Å²) in [5.41, 5.74) is 5.16. The Morgan fingerprint density at radius 3 is 1.29 bits per heavy atom. The van der Waals surface area contributed by atoms with Crippen LogP contribution in [0.25, 0.3) is 11.1 Å². The van der Waals surface area contributed by atoms with E-state index in [0.717, 1.165) is 22.3 Å². The van der Waals surface area contributed by atoms with Gasteiger partial charge >= 0.3 is 0 Å². The highest BCUT2D eigenvalue weighted by Gasteiger charge is 2.19. The summed E-state index contributed by atoms with van der Waals surface area (Å²) in [7, 11) is 0. The van der Waals surface area contributed by atoms with Crippen molar-refractivity contribution < 1.29 is 19.1 Å². The van der Waals surface area contributed by atoms with E-state index in [1.54, 1.807) is 0 Å². The van der Waals surface area contributed by atoms with Gasteiger partial charge in [0.1, 0.15) is 24.7 Å². The van der Waals surface area contributed by atoms with Crippen LogP contribution < -0.4 is 30.9 Å². The van der Waals surface area contributed by atoms with E-state index in [0.29, 0.717) is 47.3 Å². The first-order valence-electron chi connectivity index (χ1n) is 11.0. The second-order valence-electron chi connectivity index (χ2n) is 8.02. The van der Waals surface area contributed by atoms with Gasteiger partial charge in [-0.05, 0) is 60.4 Å². The van der Waals surface area contributed by atoms with E-state index in [1.165, 1.54) is 0 Å². The Morgan fingerprint density at radius 1 is 0.559 bits per heavy atom. The predicted octanol–water partition coefficient (Wildman–Crippen LogP) is 5.63. The van der Waals surface area contributed by atoms with Crippen LogP contribution in [-0.2, 0) is 13.2 Å². The molecule has 0 bridgehead atoms. The van der Waals surface area contributed by atoms with E-state index in [9.17, 15) is 0 Å². The van der Waals surface area contributed by atoms with E-state index in [2.05, 4.69) is 0 Å². The summed E-state index contributed by atoms with van der Waals surface area (Å²) in [5.74, 6) is 13.7. The average Bonchev–Trinajstić information content (AvgIpc) is 2.87. The molecule has 0 radical (unpaired) electrons. The summed E-state index contributed by atoms with van der Waals surface area (Å²) < 4.78 is 12.1. The normalized spacial score (nSPS) is 10.6. The molecule has 0 unspecified atom stereocenters. The molecule has 0 atom stereocenters. The molecule has 34 heavy (non-hydrogen) atoms. The first-order valence-corrected chi connectivity index (χ1v) is 11.0. The minimum atomic E-state index is 0.433. The molecular formula is C28H28N2O4. The molecule has 6 heteroatoms. The van der Waals surface area contributed by atoms with Crippen molar-refractivity contribution in [2.45, 2.75) is 27.1 Å². The number of hydrogen-bond donors (Lipinski definition) is 2. The maximum absolute atomic E-state index is 6.07. The maximum atomic E-state index is 6.07. The van der Waals surface area contributed by atoms with Gasteiger partial charge in [0.05, 0.1) is 0 Å². The van der Waals surface area contributed by atoms with Crippen molar-refractivity contribution >= 4 is 0 Å². The van der Waals surface area contributed by atoms with Gasteiger partial charge in [0.25, 0.3) is 0 Å². The number of rotatable bonds is 9. The Morgan fingerprint density at radius 2 is 0.941 bits per heavy atom. The van der Waals surface area contributed by atoms with E-state index in [1.807, 2.05) is 98.8 Å². The van der Waals surface area contributed by atoms with E-state index in [-0.39, 0.29) is 0 Å². The monoisotopic (exact) mass is 456 g/mol. The van der Waals surface area contributed by atoms with Crippen LogP contribution in [0.1, 0.15) is 22.3 Å². The molecule has 0 saturated carbocycles. The molecule has 0 heterocycles. The number of hydrogen-bond acceptors (Lipinski definition) is 6. The Balaban J connectivity index is 1.70. The molecule has 0 amide bonds. The lowest BCUT2D eigenvalue weighted by Crippen LogP contribution is -2.09. The molecule has 0 aliphatic heterocycles. The SMILES string of the molecule is Cc1cc(OCc2ccccc2)cc(-c2cc(OCc3ccccc3)cc(C)c2ON)c1ON. The highest BCUT2D eigenvalue weighted by Crippen LogP contribution is 2.43. The zero-order valence-electron chi connectivity index (χ0n) is 19.3. The fourth-order valence-corrected chi connectivity index (χ4v) is 3.84. The molecule has 0 aliphatic rings. The van der Waals surface area contributed by atoms with Gasteiger partial charge in [-0.3, -0.25) is 0 Å². The van der Waals surface area contributed by atoms with Crippen LogP contribution in [0.15, 0.2) is 84.9 Å². The molecule has 6 nitrogen and oxygen atoms in total. The average molecular weight is 457 g/mol. The van der Waals surface area contributed by atoms with Crippen molar-refractivity contribution in [2.24, 2.45) is 11.8 Å². The lowest BCUT2D eigenvalue weighted by Gasteiger charge is -2.18. The topological polar surface area (TPSA) is 89.0 Å². The number of benzene rings is 4. The number of ether oxygens (including phenoxy) is 2. The van der Waals surface area contributed by atoms with Crippen LogP contribution in [0.3, 0.4) is 0 Å². The highest BCUT2D eigenvalue weighted by molar-refractivity contribution is 5.80. The summed E-state index contributed by atoms with van der Waals surface area (Å²) >= 11 is 0. The lowest BCUT2D eigenvalue weighted by atomic mass is 9.98. The molecule has 0 fully saturated rings. The maximum Gasteiger partial charge on any atom is 0.157 e. The summed E-state index contributed by atoms with van der Waals surface area (Å²) in [6.45, 7) is 4.68. The van der Waals surface area contributed by atoms with Crippen molar-refractivity contribution in [3.8, 4) is 34.1 Å². The van der Waals surface area contributed by atoms with E-state index >= 15 is 0 Å². The second-order valence-corrected chi connectivity index (χ2v) is 8.02. The Hall–Kier alpha value is -4.00. The first kappa shape index (κ1) is 23.2. The van der Waals surface area contributed by atoms with Crippen LogP contribution in [0.2, 0.25) is 0 Å². The van der Waals surface area contributed by atoms with Crippen LogP contribution in [0, 0.1) is 13.8 Å². The second kappa shape index (κ2) is 10.7. The molecule has 4 aromatic rings. The molecule has 0 aliphatic carbocycles. The minimum absolute atomic E-state index is 0.433. The van der Waals surface area contributed by atoms with Gasteiger partial charge in [-0.25, -0.2) is 0 Å². The third-order valence-corrected chi connectivity index (χ3v) is 5.52.